The number of esters is 2. The van der Waals surface area contributed by atoms with Crippen molar-refractivity contribution in [2.45, 2.75) is 251 Å². The fourth-order valence-corrected chi connectivity index (χ4v) is 6.96. The number of aliphatic hydroxyl groups excluding tert-OH is 2. The molecule has 0 saturated heterocycles. The highest BCUT2D eigenvalue weighted by atomic mass is 16.6. The van der Waals surface area contributed by atoms with Crippen LogP contribution in [0.5, 0.6) is 0 Å². The molecule has 1 unspecified atom stereocenters. The van der Waals surface area contributed by atoms with E-state index < -0.39 is 24.3 Å². The molecule has 5 N–H and O–H groups in total. The van der Waals surface area contributed by atoms with E-state index in [0.29, 0.717) is 32.3 Å². The van der Waals surface area contributed by atoms with Crippen LogP contribution >= 0.6 is 0 Å². The highest BCUT2D eigenvalue weighted by Gasteiger charge is 2.38. The molecule has 0 saturated carbocycles. The molecule has 0 aromatic heterocycles. The first kappa shape index (κ1) is 52.7. The zero-order valence-corrected chi connectivity index (χ0v) is 35.3. The number of unbranched alkanes of at least 4 members (excludes halogenated alkanes) is 23. The van der Waals surface area contributed by atoms with Gasteiger partial charge >= 0.3 is 11.9 Å². The van der Waals surface area contributed by atoms with E-state index in [0.717, 1.165) is 70.6 Å². The molecule has 0 aromatic rings. The van der Waals surface area contributed by atoms with Crippen molar-refractivity contribution in [3.8, 4) is 0 Å². The second-order valence-corrected chi connectivity index (χ2v) is 15.8. The van der Waals surface area contributed by atoms with E-state index in [-0.39, 0.29) is 31.6 Å². The zero-order chi connectivity index (χ0) is 40.1. The van der Waals surface area contributed by atoms with E-state index in [1.165, 1.54) is 108 Å². The Morgan fingerprint density at radius 1 is 0.519 bits per heavy atom. The molecule has 0 heterocycles. The van der Waals surface area contributed by atoms with Crippen LogP contribution in [0.15, 0.2) is 0 Å². The van der Waals surface area contributed by atoms with Gasteiger partial charge in [-0.2, -0.15) is 0 Å². The Hall–Kier alpha value is -1.30. The third-order valence-electron chi connectivity index (χ3n) is 10.6. The zero-order valence-electron chi connectivity index (χ0n) is 35.3. The fourth-order valence-electron chi connectivity index (χ4n) is 6.96. The summed E-state index contributed by atoms with van der Waals surface area (Å²) in [7, 11) is 0. The van der Waals surface area contributed by atoms with Crippen molar-refractivity contribution in [2.75, 3.05) is 19.7 Å². The standard InChI is InChI=1S/C44H87NO9/c1-4-7-10-13-16-17-18-24-31-38-53-42(48)40(46)34-28-30-37-45(44(51,52)43(49)50)36-29-23-19-22-27-35-41(47)54-39(32-25-20-14-11-8-5-2)33-26-21-15-12-9-6-3/h39-40,43,46,49-52H,4-38H2,1-3H3. The molecule has 0 amide bonds. The van der Waals surface area contributed by atoms with Gasteiger partial charge in [0.1, 0.15) is 6.10 Å². The summed E-state index contributed by atoms with van der Waals surface area (Å²) < 4.78 is 11.2. The van der Waals surface area contributed by atoms with Crippen molar-refractivity contribution >= 4 is 11.9 Å². The van der Waals surface area contributed by atoms with Gasteiger partial charge in [-0.3, -0.25) is 4.79 Å². The molecule has 0 radical (unpaired) electrons. The lowest BCUT2D eigenvalue weighted by Gasteiger charge is -2.36. The van der Waals surface area contributed by atoms with Crippen molar-refractivity contribution in [3.63, 3.8) is 0 Å². The number of carbonyl (C=O) groups is 2. The Kier molecular flexibility index (Phi) is 36.4. The molecule has 10 nitrogen and oxygen atoms in total. The minimum absolute atomic E-state index is 0.0198. The molecular weight excluding hydrogens is 686 g/mol. The van der Waals surface area contributed by atoms with Gasteiger partial charge in [0, 0.05) is 19.5 Å². The second kappa shape index (κ2) is 37.3. The summed E-state index contributed by atoms with van der Waals surface area (Å²) in [5, 5.41) is 50.1. The molecule has 0 rings (SSSR count). The highest BCUT2D eigenvalue weighted by molar-refractivity contribution is 5.74. The molecule has 0 aliphatic rings. The Morgan fingerprint density at radius 3 is 1.39 bits per heavy atom. The average molecular weight is 774 g/mol. The number of hydrogen-bond acceptors (Lipinski definition) is 10. The molecule has 0 fully saturated rings. The Morgan fingerprint density at radius 2 is 0.907 bits per heavy atom. The normalized spacial score (nSPS) is 12.6. The van der Waals surface area contributed by atoms with Gasteiger partial charge in [-0.1, -0.05) is 156 Å². The molecular formula is C44H87NO9. The molecule has 0 aromatic carbocycles. The van der Waals surface area contributed by atoms with Gasteiger partial charge in [0.15, 0.2) is 6.10 Å². The quantitative estimate of drug-likeness (QED) is 0.0230. The van der Waals surface area contributed by atoms with Crippen LogP contribution in [0.2, 0.25) is 0 Å². The average Bonchev–Trinajstić information content (AvgIpc) is 3.14. The van der Waals surface area contributed by atoms with Crippen molar-refractivity contribution in [2.24, 2.45) is 0 Å². The summed E-state index contributed by atoms with van der Waals surface area (Å²) in [6, 6.07) is 0. The van der Waals surface area contributed by atoms with Gasteiger partial charge in [0.25, 0.3) is 5.91 Å². The molecule has 1 atom stereocenters. The van der Waals surface area contributed by atoms with E-state index in [1.54, 1.807) is 0 Å². The van der Waals surface area contributed by atoms with Crippen LogP contribution in [0.3, 0.4) is 0 Å². The van der Waals surface area contributed by atoms with Crippen LogP contribution in [-0.2, 0) is 19.1 Å². The van der Waals surface area contributed by atoms with Crippen molar-refractivity contribution < 1.29 is 44.6 Å². The van der Waals surface area contributed by atoms with Crippen LogP contribution < -0.4 is 0 Å². The van der Waals surface area contributed by atoms with Gasteiger partial charge in [-0.05, 0) is 64.2 Å². The largest absolute Gasteiger partial charge is 0.464 e. The molecule has 0 spiro atoms. The maximum absolute atomic E-state index is 12.7. The third kappa shape index (κ3) is 30.9. The third-order valence-corrected chi connectivity index (χ3v) is 10.6. The predicted octanol–water partition coefficient (Wildman–Crippen LogP) is 9.60. The lowest BCUT2D eigenvalue weighted by atomic mass is 10.0. The molecule has 0 bridgehead atoms. The summed E-state index contributed by atoms with van der Waals surface area (Å²) >= 11 is 0. The second-order valence-electron chi connectivity index (χ2n) is 15.8. The van der Waals surface area contributed by atoms with Crippen molar-refractivity contribution in [3.05, 3.63) is 0 Å². The van der Waals surface area contributed by atoms with Gasteiger partial charge in [-0.25, -0.2) is 9.69 Å². The number of nitrogens with zero attached hydrogens (tertiary/aromatic N) is 1. The topological polar surface area (TPSA) is 157 Å². The Labute approximate surface area is 331 Å². The Bertz CT molecular complexity index is 825. The first-order valence-corrected chi connectivity index (χ1v) is 22.7. The first-order valence-electron chi connectivity index (χ1n) is 22.7. The number of rotatable bonds is 41. The summed E-state index contributed by atoms with van der Waals surface area (Å²) in [4.78, 5) is 26.1. The summed E-state index contributed by atoms with van der Waals surface area (Å²) in [5.74, 6) is -3.55. The maximum atomic E-state index is 12.7. The molecule has 0 aliphatic heterocycles. The smallest absolute Gasteiger partial charge is 0.334 e. The van der Waals surface area contributed by atoms with Gasteiger partial charge in [-0.15, -0.1) is 0 Å². The van der Waals surface area contributed by atoms with E-state index in [9.17, 15) is 35.1 Å². The van der Waals surface area contributed by atoms with Crippen LogP contribution in [0.1, 0.15) is 226 Å². The number of aliphatic hydroxyl groups is 5. The molecule has 10 heteroatoms. The van der Waals surface area contributed by atoms with E-state index in [4.69, 9.17) is 9.47 Å². The number of hydrogen-bond donors (Lipinski definition) is 5. The lowest BCUT2D eigenvalue weighted by Crippen LogP contribution is -2.57. The van der Waals surface area contributed by atoms with Crippen LogP contribution in [0.4, 0.5) is 0 Å². The van der Waals surface area contributed by atoms with Crippen molar-refractivity contribution in [1.82, 2.24) is 4.90 Å². The van der Waals surface area contributed by atoms with Crippen molar-refractivity contribution in [1.29, 1.82) is 0 Å². The highest BCUT2D eigenvalue weighted by Crippen LogP contribution is 2.20. The number of carbonyl (C=O) groups excluding carboxylic acids is 2. The monoisotopic (exact) mass is 774 g/mol. The number of ether oxygens (including phenoxy) is 2. The molecule has 0 aliphatic carbocycles. The van der Waals surface area contributed by atoms with Gasteiger partial charge in [0.05, 0.1) is 6.61 Å². The van der Waals surface area contributed by atoms with Crippen LogP contribution in [0.25, 0.3) is 0 Å². The summed E-state index contributed by atoms with van der Waals surface area (Å²) in [5.41, 5.74) is 0. The van der Waals surface area contributed by atoms with E-state index in [1.807, 2.05) is 0 Å². The SMILES string of the molecule is CCCCCCCCCCCOC(=O)C(O)CCCCN(CCCCCCCC(=O)OC(CCCCCCCC)CCCCCCCC)C(O)(O)C(O)O. The predicted molar refractivity (Wildman–Crippen MR) is 219 cm³/mol. The lowest BCUT2D eigenvalue weighted by molar-refractivity contribution is -0.358. The maximum Gasteiger partial charge on any atom is 0.334 e. The van der Waals surface area contributed by atoms with Crippen LogP contribution in [0, 0.1) is 0 Å². The minimum atomic E-state index is -2.81. The minimum Gasteiger partial charge on any atom is -0.464 e. The first-order chi connectivity index (χ1) is 26.1. The van der Waals surface area contributed by atoms with E-state index in [2.05, 4.69) is 20.8 Å². The fraction of sp³-hybridized carbons (Fsp3) is 0.955. The van der Waals surface area contributed by atoms with Gasteiger partial charge in [0.2, 0.25) is 6.29 Å². The molecule has 322 valence electrons. The summed E-state index contributed by atoms with van der Waals surface area (Å²) in [6.45, 7) is 7.35. The Balaban J connectivity index is 4.37. The van der Waals surface area contributed by atoms with Gasteiger partial charge < -0.3 is 35.0 Å². The van der Waals surface area contributed by atoms with E-state index >= 15 is 0 Å². The summed E-state index contributed by atoms with van der Waals surface area (Å²) in [6.07, 6.45) is 28.8. The molecule has 54 heavy (non-hydrogen) atoms. The van der Waals surface area contributed by atoms with Crippen LogP contribution in [-0.4, -0.2) is 86.5 Å².